The SMILES string of the molecule is Cc1nc(-c2ccccc2NC(=O)[C@H]2CCCCN2)n[nH]1. The maximum Gasteiger partial charge on any atom is 0.241 e. The molecule has 0 radical (unpaired) electrons. The number of nitrogens with zero attached hydrogens (tertiary/aromatic N) is 2. The predicted octanol–water partition coefficient (Wildman–Crippen LogP) is 1.86. The molecule has 1 atom stereocenters. The molecule has 0 spiro atoms. The Kier molecular flexibility index (Phi) is 3.96. The largest absolute Gasteiger partial charge is 0.324 e. The van der Waals surface area contributed by atoms with Crippen molar-refractivity contribution in [3.05, 3.63) is 30.1 Å². The summed E-state index contributed by atoms with van der Waals surface area (Å²) >= 11 is 0. The standard InChI is InChI=1S/C15H19N5O/c1-10-17-14(20-19-10)11-6-2-3-7-12(11)18-15(21)13-8-4-5-9-16-13/h2-3,6-7,13,16H,4-5,8-9H2,1H3,(H,18,21)(H,17,19,20)/t13-/m1/s1. The quantitative estimate of drug-likeness (QED) is 0.804. The van der Waals surface area contributed by atoms with Gasteiger partial charge >= 0.3 is 0 Å². The van der Waals surface area contributed by atoms with Crippen molar-refractivity contribution in [3.8, 4) is 11.4 Å². The Balaban J connectivity index is 1.80. The minimum absolute atomic E-state index is 0.00871. The molecule has 1 fully saturated rings. The molecule has 6 nitrogen and oxygen atoms in total. The molecule has 1 amide bonds. The fourth-order valence-electron chi connectivity index (χ4n) is 2.55. The van der Waals surface area contributed by atoms with E-state index in [-0.39, 0.29) is 11.9 Å². The van der Waals surface area contributed by atoms with E-state index in [4.69, 9.17) is 0 Å². The highest BCUT2D eigenvalue weighted by Gasteiger charge is 2.21. The number of aromatic amines is 1. The molecule has 3 N–H and O–H groups in total. The first-order chi connectivity index (χ1) is 10.2. The van der Waals surface area contributed by atoms with Crippen molar-refractivity contribution in [3.63, 3.8) is 0 Å². The number of piperidine rings is 1. The molecule has 0 saturated carbocycles. The van der Waals surface area contributed by atoms with Crippen LogP contribution >= 0.6 is 0 Å². The van der Waals surface area contributed by atoms with Gasteiger partial charge in [-0.15, -0.1) is 0 Å². The number of carbonyl (C=O) groups is 1. The van der Waals surface area contributed by atoms with Gasteiger partial charge in [0.2, 0.25) is 5.91 Å². The zero-order chi connectivity index (χ0) is 14.7. The topological polar surface area (TPSA) is 82.7 Å². The summed E-state index contributed by atoms with van der Waals surface area (Å²) in [7, 11) is 0. The van der Waals surface area contributed by atoms with Crippen LogP contribution in [0.25, 0.3) is 11.4 Å². The van der Waals surface area contributed by atoms with Crippen LogP contribution in [0.3, 0.4) is 0 Å². The van der Waals surface area contributed by atoms with E-state index in [1.165, 1.54) is 0 Å². The number of nitrogens with one attached hydrogen (secondary N) is 3. The molecule has 110 valence electrons. The Hall–Kier alpha value is -2.21. The molecule has 1 aromatic carbocycles. The van der Waals surface area contributed by atoms with Crippen LogP contribution in [0.15, 0.2) is 24.3 Å². The molecular weight excluding hydrogens is 266 g/mol. The van der Waals surface area contributed by atoms with Crippen LogP contribution in [0.1, 0.15) is 25.1 Å². The summed E-state index contributed by atoms with van der Waals surface area (Å²) in [6.45, 7) is 2.75. The Morgan fingerprint density at radius 3 is 2.90 bits per heavy atom. The third kappa shape index (κ3) is 3.11. The first-order valence-electron chi connectivity index (χ1n) is 7.27. The molecule has 3 rings (SSSR count). The number of aryl methyl sites for hydroxylation is 1. The van der Waals surface area contributed by atoms with Gasteiger partial charge in [0.25, 0.3) is 0 Å². The number of H-pyrrole nitrogens is 1. The minimum atomic E-state index is -0.110. The number of aromatic nitrogens is 3. The minimum Gasteiger partial charge on any atom is -0.324 e. The average molecular weight is 285 g/mol. The van der Waals surface area contributed by atoms with E-state index in [1.54, 1.807) is 0 Å². The molecule has 2 heterocycles. The smallest absolute Gasteiger partial charge is 0.241 e. The van der Waals surface area contributed by atoms with Crippen LogP contribution in [-0.2, 0) is 4.79 Å². The zero-order valence-corrected chi connectivity index (χ0v) is 12.0. The highest BCUT2D eigenvalue weighted by atomic mass is 16.2. The summed E-state index contributed by atoms with van der Waals surface area (Å²) in [5.74, 6) is 1.36. The Morgan fingerprint density at radius 2 is 2.19 bits per heavy atom. The lowest BCUT2D eigenvalue weighted by molar-refractivity contribution is -0.118. The van der Waals surface area contributed by atoms with Gasteiger partial charge in [0.05, 0.1) is 11.7 Å². The lowest BCUT2D eigenvalue weighted by Crippen LogP contribution is -2.43. The highest BCUT2D eigenvalue weighted by Crippen LogP contribution is 2.25. The second kappa shape index (κ2) is 6.05. The van der Waals surface area contributed by atoms with E-state index in [9.17, 15) is 4.79 Å². The number of carbonyl (C=O) groups excluding carboxylic acids is 1. The third-order valence-corrected chi connectivity index (χ3v) is 3.65. The number of amides is 1. The monoisotopic (exact) mass is 285 g/mol. The van der Waals surface area contributed by atoms with Crippen LogP contribution in [0.5, 0.6) is 0 Å². The predicted molar refractivity (Wildman–Crippen MR) is 80.8 cm³/mol. The van der Waals surface area contributed by atoms with E-state index in [1.807, 2.05) is 31.2 Å². The number of para-hydroxylation sites is 1. The Morgan fingerprint density at radius 1 is 1.33 bits per heavy atom. The summed E-state index contributed by atoms with van der Waals surface area (Å²) in [5, 5.41) is 13.2. The van der Waals surface area contributed by atoms with Crippen molar-refractivity contribution in [1.82, 2.24) is 20.5 Å². The fraction of sp³-hybridized carbons (Fsp3) is 0.400. The first-order valence-corrected chi connectivity index (χ1v) is 7.27. The average Bonchev–Trinajstić information content (AvgIpc) is 2.95. The Bertz CT molecular complexity index is 630. The molecule has 0 bridgehead atoms. The van der Waals surface area contributed by atoms with E-state index < -0.39 is 0 Å². The molecular formula is C15H19N5O. The summed E-state index contributed by atoms with van der Waals surface area (Å²) in [6, 6.07) is 7.48. The normalized spacial score (nSPS) is 18.4. The maximum atomic E-state index is 12.3. The molecule has 1 aromatic heterocycles. The van der Waals surface area contributed by atoms with Crippen molar-refractivity contribution in [1.29, 1.82) is 0 Å². The number of anilines is 1. The van der Waals surface area contributed by atoms with Gasteiger partial charge in [0.1, 0.15) is 5.82 Å². The summed E-state index contributed by atoms with van der Waals surface area (Å²) in [5.41, 5.74) is 1.57. The van der Waals surface area contributed by atoms with Gasteiger partial charge in [-0.05, 0) is 38.4 Å². The molecule has 2 aromatic rings. The van der Waals surface area contributed by atoms with E-state index >= 15 is 0 Å². The van der Waals surface area contributed by atoms with Gasteiger partial charge in [0.15, 0.2) is 5.82 Å². The van der Waals surface area contributed by atoms with Crippen molar-refractivity contribution in [2.24, 2.45) is 0 Å². The summed E-state index contributed by atoms with van der Waals surface area (Å²) in [6.07, 6.45) is 3.11. The van der Waals surface area contributed by atoms with E-state index in [0.29, 0.717) is 5.82 Å². The molecule has 0 aliphatic carbocycles. The summed E-state index contributed by atoms with van der Waals surface area (Å²) < 4.78 is 0. The van der Waals surface area contributed by atoms with Crippen LogP contribution in [0.2, 0.25) is 0 Å². The second-order valence-electron chi connectivity index (χ2n) is 5.28. The molecule has 1 saturated heterocycles. The van der Waals surface area contributed by atoms with Crippen molar-refractivity contribution in [2.75, 3.05) is 11.9 Å². The van der Waals surface area contributed by atoms with Gasteiger partial charge in [-0.2, -0.15) is 5.10 Å². The van der Waals surface area contributed by atoms with Crippen LogP contribution < -0.4 is 10.6 Å². The van der Waals surface area contributed by atoms with Crippen LogP contribution in [0.4, 0.5) is 5.69 Å². The van der Waals surface area contributed by atoms with Crippen LogP contribution in [-0.4, -0.2) is 33.7 Å². The van der Waals surface area contributed by atoms with E-state index in [2.05, 4.69) is 25.8 Å². The summed E-state index contributed by atoms with van der Waals surface area (Å²) in [4.78, 5) is 16.7. The van der Waals surface area contributed by atoms with Gasteiger partial charge in [0, 0.05) is 5.56 Å². The van der Waals surface area contributed by atoms with Gasteiger partial charge in [-0.3, -0.25) is 9.89 Å². The number of hydrogen-bond donors (Lipinski definition) is 3. The third-order valence-electron chi connectivity index (χ3n) is 3.65. The van der Waals surface area contributed by atoms with Crippen molar-refractivity contribution >= 4 is 11.6 Å². The lowest BCUT2D eigenvalue weighted by Gasteiger charge is -2.22. The van der Waals surface area contributed by atoms with Crippen molar-refractivity contribution < 1.29 is 4.79 Å². The number of rotatable bonds is 3. The number of benzene rings is 1. The van der Waals surface area contributed by atoms with Gasteiger partial charge in [-0.1, -0.05) is 18.6 Å². The fourth-order valence-corrected chi connectivity index (χ4v) is 2.55. The highest BCUT2D eigenvalue weighted by molar-refractivity contribution is 5.98. The van der Waals surface area contributed by atoms with Crippen LogP contribution in [0, 0.1) is 6.92 Å². The zero-order valence-electron chi connectivity index (χ0n) is 12.0. The van der Waals surface area contributed by atoms with Gasteiger partial charge in [-0.25, -0.2) is 4.98 Å². The number of hydrogen-bond acceptors (Lipinski definition) is 4. The van der Waals surface area contributed by atoms with Crippen molar-refractivity contribution in [2.45, 2.75) is 32.2 Å². The second-order valence-corrected chi connectivity index (χ2v) is 5.28. The Labute approximate surface area is 123 Å². The lowest BCUT2D eigenvalue weighted by atomic mass is 10.0. The molecule has 6 heteroatoms. The molecule has 21 heavy (non-hydrogen) atoms. The van der Waals surface area contributed by atoms with Gasteiger partial charge < -0.3 is 10.6 Å². The van der Waals surface area contributed by atoms with E-state index in [0.717, 1.165) is 42.9 Å². The molecule has 1 aliphatic rings. The first kappa shape index (κ1) is 13.8. The molecule has 0 unspecified atom stereocenters. The maximum absolute atomic E-state index is 12.3. The molecule has 1 aliphatic heterocycles.